The van der Waals surface area contributed by atoms with Gasteiger partial charge in [-0.25, -0.2) is 0 Å². The normalized spacial score (nSPS) is 12.5. The molecule has 0 aliphatic carbocycles. The first-order chi connectivity index (χ1) is 7.13. The Labute approximate surface area is 93.5 Å². The van der Waals surface area contributed by atoms with Crippen molar-refractivity contribution in [3.8, 4) is 5.75 Å². The Hall–Kier alpha value is -0.980. The maximum absolute atomic E-state index is 5.81. The molecular weight excluding hydrogens is 184 g/mol. The van der Waals surface area contributed by atoms with Crippen LogP contribution in [0.3, 0.4) is 0 Å². The van der Waals surface area contributed by atoms with Gasteiger partial charge in [0.15, 0.2) is 0 Å². The highest BCUT2D eigenvalue weighted by Gasteiger charge is 2.03. The molecular formula is C14H22O. The van der Waals surface area contributed by atoms with Crippen LogP contribution in [-0.4, -0.2) is 6.61 Å². The Morgan fingerprint density at radius 1 is 1.27 bits per heavy atom. The van der Waals surface area contributed by atoms with E-state index in [1.54, 1.807) is 0 Å². The molecule has 0 spiro atoms. The van der Waals surface area contributed by atoms with Crippen molar-refractivity contribution in [2.24, 2.45) is 5.92 Å². The highest BCUT2D eigenvalue weighted by Crippen LogP contribution is 2.19. The largest absolute Gasteiger partial charge is 0.493 e. The van der Waals surface area contributed by atoms with E-state index in [0.29, 0.717) is 5.92 Å². The maximum atomic E-state index is 5.81. The van der Waals surface area contributed by atoms with Crippen LogP contribution in [0.1, 0.15) is 37.8 Å². The second-order valence-electron chi connectivity index (χ2n) is 4.47. The summed E-state index contributed by atoms with van der Waals surface area (Å²) in [7, 11) is 0. The van der Waals surface area contributed by atoms with Gasteiger partial charge in [0.2, 0.25) is 0 Å². The van der Waals surface area contributed by atoms with Crippen molar-refractivity contribution in [1.82, 2.24) is 0 Å². The lowest BCUT2D eigenvalue weighted by Crippen LogP contribution is -2.08. The van der Waals surface area contributed by atoms with E-state index in [9.17, 15) is 0 Å². The van der Waals surface area contributed by atoms with Crippen molar-refractivity contribution in [3.63, 3.8) is 0 Å². The molecule has 0 heterocycles. The number of benzene rings is 1. The average molecular weight is 206 g/mol. The summed E-state index contributed by atoms with van der Waals surface area (Å²) >= 11 is 0. The SMILES string of the molecule is CCCC(C)COc1ccc(C)cc1C. The van der Waals surface area contributed by atoms with E-state index in [-0.39, 0.29) is 0 Å². The quantitative estimate of drug-likeness (QED) is 0.704. The second kappa shape index (κ2) is 5.79. The minimum absolute atomic E-state index is 0.649. The Morgan fingerprint density at radius 3 is 2.60 bits per heavy atom. The van der Waals surface area contributed by atoms with Crippen LogP contribution >= 0.6 is 0 Å². The van der Waals surface area contributed by atoms with Crippen molar-refractivity contribution >= 4 is 0 Å². The first-order valence-electron chi connectivity index (χ1n) is 5.83. The lowest BCUT2D eigenvalue weighted by molar-refractivity contribution is 0.250. The van der Waals surface area contributed by atoms with Gasteiger partial charge in [-0.2, -0.15) is 0 Å². The molecule has 1 nitrogen and oxygen atoms in total. The first-order valence-corrected chi connectivity index (χ1v) is 5.83. The summed E-state index contributed by atoms with van der Waals surface area (Å²) in [5, 5.41) is 0. The Balaban J connectivity index is 2.50. The molecule has 1 aromatic carbocycles. The molecule has 0 N–H and O–H groups in total. The van der Waals surface area contributed by atoms with Gasteiger partial charge in [-0.1, -0.05) is 38.0 Å². The van der Waals surface area contributed by atoms with Crippen molar-refractivity contribution < 1.29 is 4.74 Å². The molecule has 15 heavy (non-hydrogen) atoms. The van der Waals surface area contributed by atoms with Crippen LogP contribution in [0.4, 0.5) is 0 Å². The standard InChI is InChI=1S/C14H22O/c1-5-6-12(3)10-15-14-8-7-11(2)9-13(14)4/h7-9,12H,5-6,10H2,1-4H3. The molecule has 0 aliphatic heterocycles. The first kappa shape index (κ1) is 12.1. The molecule has 1 atom stereocenters. The van der Waals surface area contributed by atoms with Crippen molar-refractivity contribution in [2.75, 3.05) is 6.61 Å². The summed E-state index contributed by atoms with van der Waals surface area (Å²) < 4.78 is 5.81. The summed E-state index contributed by atoms with van der Waals surface area (Å²) in [5.41, 5.74) is 2.53. The fourth-order valence-electron chi connectivity index (χ4n) is 1.77. The molecule has 0 radical (unpaired) electrons. The number of hydrogen-bond donors (Lipinski definition) is 0. The van der Waals surface area contributed by atoms with Gasteiger partial charge in [0.25, 0.3) is 0 Å². The van der Waals surface area contributed by atoms with Crippen LogP contribution in [0.25, 0.3) is 0 Å². The van der Waals surface area contributed by atoms with Gasteiger partial charge in [0, 0.05) is 0 Å². The van der Waals surface area contributed by atoms with E-state index in [0.717, 1.165) is 12.4 Å². The molecule has 0 aromatic heterocycles. The summed E-state index contributed by atoms with van der Waals surface area (Å²) in [6.07, 6.45) is 2.47. The minimum Gasteiger partial charge on any atom is -0.493 e. The number of hydrogen-bond acceptors (Lipinski definition) is 1. The molecule has 0 saturated carbocycles. The average Bonchev–Trinajstić information content (AvgIpc) is 2.17. The number of aryl methyl sites for hydroxylation is 2. The molecule has 0 amide bonds. The Morgan fingerprint density at radius 2 is 2.00 bits per heavy atom. The van der Waals surface area contributed by atoms with Gasteiger partial charge in [-0.05, 0) is 37.8 Å². The predicted molar refractivity (Wildman–Crippen MR) is 65.5 cm³/mol. The van der Waals surface area contributed by atoms with Gasteiger partial charge < -0.3 is 4.74 Å². The molecule has 0 bridgehead atoms. The fourth-order valence-corrected chi connectivity index (χ4v) is 1.77. The second-order valence-corrected chi connectivity index (χ2v) is 4.47. The van der Waals surface area contributed by atoms with Crippen molar-refractivity contribution in [1.29, 1.82) is 0 Å². The van der Waals surface area contributed by atoms with Gasteiger partial charge in [0.05, 0.1) is 6.61 Å². The van der Waals surface area contributed by atoms with E-state index in [4.69, 9.17) is 4.74 Å². The maximum Gasteiger partial charge on any atom is 0.122 e. The molecule has 1 rings (SSSR count). The highest BCUT2D eigenvalue weighted by atomic mass is 16.5. The molecule has 0 fully saturated rings. The zero-order chi connectivity index (χ0) is 11.3. The van der Waals surface area contributed by atoms with Crippen LogP contribution < -0.4 is 4.74 Å². The topological polar surface area (TPSA) is 9.23 Å². The number of rotatable bonds is 5. The van der Waals surface area contributed by atoms with Crippen LogP contribution in [0.15, 0.2) is 18.2 Å². The Kier molecular flexibility index (Phi) is 4.67. The fraction of sp³-hybridized carbons (Fsp3) is 0.571. The highest BCUT2D eigenvalue weighted by molar-refractivity contribution is 5.35. The summed E-state index contributed by atoms with van der Waals surface area (Å²) in [6.45, 7) is 9.50. The van der Waals surface area contributed by atoms with Gasteiger partial charge in [0.1, 0.15) is 5.75 Å². The number of ether oxygens (including phenoxy) is 1. The zero-order valence-electron chi connectivity index (χ0n) is 10.3. The van der Waals surface area contributed by atoms with Crippen molar-refractivity contribution in [3.05, 3.63) is 29.3 Å². The van der Waals surface area contributed by atoms with Crippen molar-refractivity contribution in [2.45, 2.75) is 40.5 Å². The molecule has 1 aromatic rings. The predicted octanol–water partition coefficient (Wildman–Crippen LogP) is 4.12. The molecule has 0 saturated heterocycles. The lowest BCUT2D eigenvalue weighted by Gasteiger charge is -2.14. The van der Waals surface area contributed by atoms with E-state index in [1.807, 2.05) is 0 Å². The van der Waals surface area contributed by atoms with Gasteiger partial charge in [-0.3, -0.25) is 0 Å². The van der Waals surface area contributed by atoms with E-state index in [2.05, 4.69) is 45.9 Å². The van der Waals surface area contributed by atoms with E-state index >= 15 is 0 Å². The molecule has 84 valence electrons. The third-order valence-electron chi connectivity index (χ3n) is 2.64. The monoisotopic (exact) mass is 206 g/mol. The Bertz CT molecular complexity index is 304. The van der Waals surface area contributed by atoms with Gasteiger partial charge >= 0.3 is 0 Å². The third-order valence-corrected chi connectivity index (χ3v) is 2.64. The summed E-state index contributed by atoms with van der Waals surface area (Å²) in [5.74, 6) is 1.68. The minimum atomic E-state index is 0.649. The summed E-state index contributed by atoms with van der Waals surface area (Å²) in [6, 6.07) is 6.34. The third kappa shape index (κ3) is 3.94. The molecule has 0 aliphatic rings. The van der Waals surface area contributed by atoms with Crippen LogP contribution in [-0.2, 0) is 0 Å². The van der Waals surface area contributed by atoms with E-state index in [1.165, 1.54) is 24.0 Å². The van der Waals surface area contributed by atoms with Crippen LogP contribution in [0, 0.1) is 19.8 Å². The van der Waals surface area contributed by atoms with Gasteiger partial charge in [-0.15, -0.1) is 0 Å². The van der Waals surface area contributed by atoms with Crippen LogP contribution in [0.2, 0.25) is 0 Å². The molecule has 1 heteroatoms. The molecule has 1 unspecified atom stereocenters. The smallest absolute Gasteiger partial charge is 0.122 e. The summed E-state index contributed by atoms with van der Waals surface area (Å²) in [4.78, 5) is 0. The zero-order valence-corrected chi connectivity index (χ0v) is 10.3. The lowest BCUT2D eigenvalue weighted by atomic mass is 10.1. The van der Waals surface area contributed by atoms with Crippen LogP contribution in [0.5, 0.6) is 5.75 Å². The van der Waals surface area contributed by atoms with E-state index < -0.39 is 0 Å².